The van der Waals surface area contributed by atoms with Crippen LogP contribution in [0.25, 0.3) is 22.3 Å². The predicted octanol–water partition coefficient (Wildman–Crippen LogP) is 3.57. The summed E-state index contributed by atoms with van der Waals surface area (Å²) in [7, 11) is 1.46. The minimum absolute atomic E-state index is 0.0777. The van der Waals surface area contributed by atoms with Crippen molar-refractivity contribution in [3.63, 3.8) is 0 Å². The first-order valence-corrected chi connectivity index (χ1v) is 7.21. The molecule has 0 atom stereocenters. The van der Waals surface area contributed by atoms with Gasteiger partial charge in [0.1, 0.15) is 16.7 Å². The number of ether oxygens (including phenoxy) is 2. The largest absolute Gasteiger partial charge is 0.504 e. The molecule has 0 aliphatic heterocycles. The van der Waals surface area contributed by atoms with E-state index in [4.69, 9.17) is 13.9 Å². The maximum Gasteiger partial charge on any atom is 0.204 e. The third-order valence-electron chi connectivity index (χ3n) is 3.48. The molecular weight excluding hydrogens is 296 g/mol. The number of phenolic OH excluding ortho intramolecular Hbond substituents is 1. The van der Waals surface area contributed by atoms with Gasteiger partial charge < -0.3 is 19.0 Å². The molecule has 1 N–H and O–H groups in total. The van der Waals surface area contributed by atoms with Gasteiger partial charge in [-0.1, -0.05) is 30.3 Å². The van der Waals surface area contributed by atoms with Crippen LogP contribution in [0.1, 0.15) is 6.92 Å². The number of rotatable bonds is 4. The quantitative estimate of drug-likeness (QED) is 0.797. The molecule has 1 heterocycles. The standard InChI is InChI=1S/C18H16O5/c1-3-22-18-15(21-2)10-14-16(17(18)20)12(19)9-13(23-14)11-7-5-4-6-8-11/h4-10,20H,3H2,1-2H3. The molecule has 0 aliphatic rings. The van der Waals surface area contributed by atoms with E-state index < -0.39 is 0 Å². The average Bonchev–Trinajstić information content (AvgIpc) is 2.57. The van der Waals surface area contributed by atoms with Gasteiger partial charge in [-0.05, 0) is 6.92 Å². The van der Waals surface area contributed by atoms with E-state index in [0.717, 1.165) is 5.56 Å². The van der Waals surface area contributed by atoms with Crippen LogP contribution in [0.3, 0.4) is 0 Å². The van der Waals surface area contributed by atoms with E-state index >= 15 is 0 Å². The van der Waals surface area contributed by atoms with Crippen molar-refractivity contribution in [3.8, 4) is 28.6 Å². The molecule has 3 aromatic rings. The highest BCUT2D eigenvalue weighted by molar-refractivity contribution is 5.89. The highest BCUT2D eigenvalue weighted by Gasteiger charge is 2.19. The van der Waals surface area contributed by atoms with Gasteiger partial charge in [0.05, 0.1) is 13.7 Å². The predicted molar refractivity (Wildman–Crippen MR) is 87.3 cm³/mol. The van der Waals surface area contributed by atoms with Gasteiger partial charge in [-0.3, -0.25) is 4.79 Å². The van der Waals surface area contributed by atoms with Gasteiger partial charge in [0.15, 0.2) is 16.9 Å². The lowest BCUT2D eigenvalue weighted by molar-refractivity contribution is 0.294. The molecule has 5 heteroatoms. The summed E-state index contributed by atoms with van der Waals surface area (Å²) in [6.07, 6.45) is 0. The molecule has 3 rings (SSSR count). The second-order valence-electron chi connectivity index (χ2n) is 4.90. The van der Waals surface area contributed by atoms with Crippen molar-refractivity contribution in [1.82, 2.24) is 0 Å². The van der Waals surface area contributed by atoms with Crippen molar-refractivity contribution in [2.24, 2.45) is 0 Å². The van der Waals surface area contributed by atoms with E-state index in [1.54, 1.807) is 13.0 Å². The molecule has 0 spiro atoms. The highest BCUT2D eigenvalue weighted by atomic mass is 16.5. The van der Waals surface area contributed by atoms with Crippen LogP contribution in [0.5, 0.6) is 17.2 Å². The second-order valence-corrected chi connectivity index (χ2v) is 4.90. The highest BCUT2D eigenvalue weighted by Crippen LogP contribution is 2.42. The zero-order chi connectivity index (χ0) is 16.4. The van der Waals surface area contributed by atoms with Crippen molar-refractivity contribution in [2.75, 3.05) is 13.7 Å². The van der Waals surface area contributed by atoms with E-state index in [1.165, 1.54) is 13.2 Å². The fourth-order valence-corrected chi connectivity index (χ4v) is 2.44. The number of hydrogen-bond acceptors (Lipinski definition) is 5. The van der Waals surface area contributed by atoms with E-state index in [1.807, 2.05) is 30.3 Å². The molecule has 118 valence electrons. The first kappa shape index (κ1) is 15.0. The Bertz CT molecular complexity index is 897. The van der Waals surface area contributed by atoms with Crippen molar-refractivity contribution < 1.29 is 19.0 Å². The normalized spacial score (nSPS) is 10.7. The minimum atomic E-state index is -0.341. The molecule has 0 saturated carbocycles. The summed E-state index contributed by atoms with van der Waals surface area (Å²) in [6, 6.07) is 12.2. The van der Waals surface area contributed by atoms with Crippen LogP contribution in [0.15, 0.2) is 51.7 Å². The Hall–Kier alpha value is -2.95. The van der Waals surface area contributed by atoms with Crippen molar-refractivity contribution >= 4 is 11.0 Å². The van der Waals surface area contributed by atoms with Crippen LogP contribution in [-0.2, 0) is 0 Å². The summed E-state index contributed by atoms with van der Waals surface area (Å²) in [4.78, 5) is 12.4. The summed E-state index contributed by atoms with van der Waals surface area (Å²) in [5.74, 6) is 0.607. The van der Waals surface area contributed by atoms with Gasteiger partial charge >= 0.3 is 0 Å². The van der Waals surface area contributed by atoms with Crippen LogP contribution in [-0.4, -0.2) is 18.8 Å². The van der Waals surface area contributed by atoms with Crippen LogP contribution in [0.2, 0.25) is 0 Å². The Kier molecular flexibility index (Phi) is 3.93. The molecule has 0 aliphatic carbocycles. The van der Waals surface area contributed by atoms with Crippen LogP contribution in [0.4, 0.5) is 0 Å². The van der Waals surface area contributed by atoms with Crippen molar-refractivity contribution in [3.05, 3.63) is 52.7 Å². The molecule has 0 saturated heterocycles. The summed E-state index contributed by atoms with van der Waals surface area (Å²) in [5.41, 5.74) is 0.680. The molecule has 5 nitrogen and oxygen atoms in total. The SMILES string of the molecule is CCOc1c(OC)cc2oc(-c3ccccc3)cc(=O)c2c1O. The summed E-state index contributed by atoms with van der Waals surface area (Å²) >= 11 is 0. The van der Waals surface area contributed by atoms with Gasteiger partial charge in [-0.15, -0.1) is 0 Å². The van der Waals surface area contributed by atoms with Gasteiger partial charge in [-0.2, -0.15) is 0 Å². The van der Waals surface area contributed by atoms with Crippen molar-refractivity contribution in [1.29, 1.82) is 0 Å². The number of phenols is 1. The zero-order valence-electron chi connectivity index (χ0n) is 12.8. The van der Waals surface area contributed by atoms with Crippen molar-refractivity contribution in [2.45, 2.75) is 6.92 Å². The Morgan fingerprint density at radius 3 is 2.57 bits per heavy atom. The maximum atomic E-state index is 12.4. The van der Waals surface area contributed by atoms with E-state index in [-0.39, 0.29) is 27.9 Å². The first-order chi connectivity index (χ1) is 11.2. The summed E-state index contributed by atoms with van der Waals surface area (Å²) in [5, 5.41) is 10.4. The molecule has 0 radical (unpaired) electrons. The lowest BCUT2D eigenvalue weighted by Gasteiger charge is -2.13. The fraction of sp³-hybridized carbons (Fsp3) is 0.167. The molecule has 0 amide bonds. The van der Waals surface area contributed by atoms with Gasteiger partial charge in [-0.25, -0.2) is 0 Å². The molecule has 23 heavy (non-hydrogen) atoms. The van der Waals surface area contributed by atoms with E-state index in [2.05, 4.69) is 0 Å². The number of aromatic hydroxyl groups is 1. The number of benzene rings is 2. The monoisotopic (exact) mass is 312 g/mol. The van der Waals surface area contributed by atoms with Crippen LogP contribution >= 0.6 is 0 Å². The van der Waals surface area contributed by atoms with E-state index in [0.29, 0.717) is 18.1 Å². The zero-order valence-corrected chi connectivity index (χ0v) is 12.8. The Morgan fingerprint density at radius 2 is 1.91 bits per heavy atom. The number of hydrogen-bond donors (Lipinski definition) is 1. The summed E-state index contributed by atoms with van der Waals surface area (Å²) in [6.45, 7) is 2.12. The first-order valence-electron chi connectivity index (χ1n) is 7.21. The average molecular weight is 312 g/mol. The molecular formula is C18H16O5. The third-order valence-corrected chi connectivity index (χ3v) is 3.48. The number of fused-ring (bicyclic) bond motifs is 1. The Morgan fingerprint density at radius 1 is 1.17 bits per heavy atom. The van der Waals surface area contributed by atoms with Crippen LogP contribution in [0, 0.1) is 0 Å². The fourth-order valence-electron chi connectivity index (χ4n) is 2.44. The smallest absolute Gasteiger partial charge is 0.204 e. The lowest BCUT2D eigenvalue weighted by atomic mass is 10.1. The Balaban J connectivity index is 2.30. The van der Waals surface area contributed by atoms with Gasteiger partial charge in [0, 0.05) is 17.7 Å². The topological polar surface area (TPSA) is 68.9 Å². The molecule has 0 bridgehead atoms. The van der Waals surface area contributed by atoms with E-state index in [9.17, 15) is 9.90 Å². The Labute approximate surface area is 132 Å². The molecule has 1 aromatic heterocycles. The number of methoxy groups -OCH3 is 1. The lowest BCUT2D eigenvalue weighted by Crippen LogP contribution is -2.03. The molecule has 0 unspecified atom stereocenters. The molecule has 2 aromatic carbocycles. The van der Waals surface area contributed by atoms with Gasteiger partial charge in [0.25, 0.3) is 0 Å². The minimum Gasteiger partial charge on any atom is -0.504 e. The van der Waals surface area contributed by atoms with Gasteiger partial charge in [0.2, 0.25) is 5.75 Å². The second kappa shape index (κ2) is 6.04. The van der Waals surface area contributed by atoms with Crippen LogP contribution < -0.4 is 14.9 Å². The third kappa shape index (κ3) is 2.61. The summed E-state index contributed by atoms with van der Waals surface area (Å²) < 4.78 is 16.4. The molecule has 0 fully saturated rings. The maximum absolute atomic E-state index is 12.4.